The Labute approximate surface area is 74.5 Å². The Kier molecular flexibility index (Phi) is 2.89. The Morgan fingerprint density at radius 3 is 2.85 bits per heavy atom. The van der Waals surface area contributed by atoms with Gasteiger partial charge in [-0.05, 0) is 12.8 Å². The molecule has 5 heteroatoms. The highest BCUT2D eigenvalue weighted by Gasteiger charge is 2.04. The lowest BCUT2D eigenvalue weighted by Crippen LogP contribution is -1.99. The van der Waals surface area contributed by atoms with E-state index in [4.69, 9.17) is 5.11 Å². The minimum absolute atomic E-state index is 0.110. The van der Waals surface area contributed by atoms with Crippen molar-refractivity contribution in [2.24, 2.45) is 7.05 Å². The lowest BCUT2D eigenvalue weighted by atomic mass is 10.2. The average molecular weight is 185 g/mol. The van der Waals surface area contributed by atoms with E-state index < -0.39 is 11.6 Å². The van der Waals surface area contributed by atoms with Gasteiger partial charge in [-0.3, -0.25) is 4.79 Å². The molecule has 0 saturated carbocycles. The van der Waals surface area contributed by atoms with Crippen molar-refractivity contribution in [3.8, 4) is 0 Å². The third-order valence-electron chi connectivity index (χ3n) is 1.74. The third kappa shape index (κ3) is 2.77. The van der Waals surface area contributed by atoms with Crippen molar-refractivity contribution < 1.29 is 14.4 Å². The molecule has 0 saturated heterocycles. The molecule has 0 bridgehead atoms. The Hall–Kier alpha value is -1.52. The Morgan fingerprint density at radius 2 is 2.38 bits per heavy atom. The molecule has 0 unspecified atom stereocenters. The molecule has 0 spiro atoms. The van der Waals surface area contributed by atoms with Gasteiger partial charge in [0.25, 0.3) is 0 Å². The molecule has 0 aliphatic heterocycles. The van der Waals surface area contributed by atoms with Crippen LogP contribution in [0.4, 0.5) is 0 Å². The zero-order valence-electron chi connectivity index (χ0n) is 7.32. The van der Waals surface area contributed by atoms with Gasteiger partial charge in [0.1, 0.15) is 0 Å². The normalized spacial score (nSPS) is 10.2. The van der Waals surface area contributed by atoms with Crippen LogP contribution in [-0.2, 0) is 18.3 Å². The van der Waals surface area contributed by atoms with E-state index in [1.807, 2.05) is 0 Å². The number of nitrogens with zero attached hydrogens (tertiary/aromatic N) is 1. The van der Waals surface area contributed by atoms with Crippen molar-refractivity contribution in [2.45, 2.75) is 19.3 Å². The van der Waals surface area contributed by atoms with Crippen molar-refractivity contribution >= 4 is 5.97 Å². The number of hydrogen-bond acceptors (Lipinski definition) is 3. The van der Waals surface area contributed by atoms with E-state index in [-0.39, 0.29) is 6.42 Å². The lowest BCUT2D eigenvalue weighted by molar-refractivity contribution is -0.137. The third-order valence-corrected chi connectivity index (χ3v) is 1.74. The Bertz CT molecular complexity index is 349. The van der Waals surface area contributed by atoms with Crippen LogP contribution in [0, 0.1) is 0 Å². The van der Waals surface area contributed by atoms with Crippen molar-refractivity contribution in [1.29, 1.82) is 0 Å². The fourth-order valence-corrected chi connectivity index (χ4v) is 1.10. The smallest absolute Gasteiger partial charge is 0.357 e. The molecule has 0 aliphatic rings. The first-order chi connectivity index (χ1) is 6.09. The zero-order chi connectivity index (χ0) is 9.84. The summed E-state index contributed by atoms with van der Waals surface area (Å²) in [6, 6.07) is 1.38. The molecule has 1 aromatic rings. The summed E-state index contributed by atoms with van der Waals surface area (Å²) in [7, 11) is 1.62. The number of aryl methyl sites for hydroxylation is 2. The number of hydrogen-bond donors (Lipinski definition) is 1. The van der Waals surface area contributed by atoms with Crippen LogP contribution in [0.1, 0.15) is 18.5 Å². The van der Waals surface area contributed by atoms with Crippen LogP contribution >= 0.6 is 0 Å². The number of carboxylic acid groups (broad SMARTS) is 1. The second-order valence-corrected chi connectivity index (χ2v) is 2.79. The first-order valence-electron chi connectivity index (χ1n) is 3.97. The number of carbonyl (C=O) groups is 1. The molecular weight excluding hydrogens is 174 g/mol. The first kappa shape index (κ1) is 9.57. The molecule has 72 valence electrons. The molecular formula is C8H11NO4. The molecule has 1 N–H and O–H groups in total. The molecule has 1 rings (SSSR count). The molecule has 0 atom stereocenters. The van der Waals surface area contributed by atoms with E-state index in [1.165, 1.54) is 10.8 Å². The maximum Gasteiger partial charge on any atom is 0.357 e. The van der Waals surface area contributed by atoms with Crippen LogP contribution in [0.5, 0.6) is 0 Å². The maximum absolute atomic E-state index is 10.7. The average Bonchev–Trinajstić information content (AvgIpc) is 2.29. The summed E-state index contributed by atoms with van der Waals surface area (Å²) < 4.78 is 6.05. The zero-order valence-corrected chi connectivity index (χ0v) is 7.32. The number of rotatable bonds is 4. The van der Waals surface area contributed by atoms with Crippen LogP contribution in [0.2, 0.25) is 0 Å². The van der Waals surface area contributed by atoms with E-state index in [1.54, 1.807) is 7.05 Å². The Morgan fingerprint density at radius 1 is 1.69 bits per heavy atom. The summed E-state index contributed by atoms with van der Waals surface area (Å²) in [5.41, 5.74) is 0.332. The van der Waals surface area contributed by atoms with Gasteiger partial charge in [-0.25, -0.2) is 9.53 Å². The minimum Gasteiger partial charge on any atom is -0.481 e. The van der Waals surface area contributed by atoms with Crippen LogP contribution in [0.15, 0.2) is 15.4 Å². The van der Waals surface area contributed by atoms with Crippen LogP contribution < -0.4 is 5.63 Å². The molecule has 0 amide bonds. The molecule has 13 heavy (non-hydrogen) atoms. The summed E-state index contributed by atoms with van der Waals surface area (Å²) in [5, 5.41) is 8.37. The minimum atomic E-state index is -0.825. The standard InChI is InChI=1S/C8H11NO4/c1-9-6(5-8(12)13-9)3-2-4-7(10)11/h5H,2-4H2,1H3,(H,10,11). The molecule has 0 aromatic carbocycles. The van der Waals surface area contributed by atoms with Crippen LogP contribution in [0.25, 0.3) is 0 Å². The summed E-state index contributed by atoms with van der Waals surface area (Å²) >= 11 is 0. The molecule has 0 aliphatic carbocycles. The summed E-state index contributed by atoms with van der Waals surface area (Å²) in [6.45, 7) is 0. The predicted molar refractivity (Wildman–Crippen MR) is 44.5 cm³/mol. The van der Waals surface area contributed by atoms with Crippen LogP contribution in [0.3, 0.4) is 0 Å². The molecule has 0 radical (unpaired) electrons. The fraction of sp³-hybridized carbons (Fsp3) is 0.500. The van der Waals surface area contributed by atoms with Crippen molar-refractivity contribution in [3.63, 3.8) is 0 Å². The molecule has 1 heterocycles. The molecule has 0 fully saturated rings. The Balaban J connectivity index is 2.50. The highest BCUT2D eigenvalue weighted by atomic mass is 16.5. The second kappa shape index (κ2) is 3.93. The summed E-state index contributed by atoms with van der Waals surface area (Å²) in [4.78, 5) is 20.9. The largest absolute Gasteiger partial charge is 0.481 e. The quantitative estimate of drug-likeness (QED) is 0.736. The monoisotopic (exact) mass is 185 g/mol. The predicted octanol–water partition coefficient (Wildman–Crippen LogP) is 0.386. The number of aliphatic carboxylic acids is 1. The highest BCUT2D eigenvalue weighted by Crippen LogP contribution is 2.02. The highest BCUT2D eigenvalue weighted by molar-refractivity contribution is 5.66. The molecule has 1 aromatic heterocycles. The lowest BCUT2D eigenvalue weighted by Gasteiger charge is -1.97. The van der Waals surface area contributed by atoms with Gasteiger partial charge in [0.05, 0.1) is 5.69 Å². The SMILES string of the molecule is Cn1oc(=O)cc1CCCC(=O)O. The van der Waals surface area contributed by atoms with Gasteiger partial charge in [0.15, 0.2) is 0 Å². The van der Waals surface area contributed by atoms with Gasteiger partial charge in [-0.1, -0.05) is 0 Å². The molecule has 5 nitrogen and oxygen atoms in total. The van der Waals surface area contributed by atoms with E-state index in [2.05, 4.69) is 4.52 Å². The van der Waals surface area contributed by atoms with Crippen molar-refractivity contribution in [1.82, 2.24) is 4.74 Å². The summed E-state index contributed by atoms with van der Waals surface area (Å²) in [5.74, 6) is -0.825. The second-order valence-electron chi connectivity index (χ2n) is 2.79. The number of carboxylic acids is 1. The fourth-order valence-electron chi connectivity index (χ4n) is 1.10. The van der Waals surface area contributed by atoms with Gasteiger partial charge in [-0.15, -0.1) is 0 Å². The van der Waals surface area contributed by atoms with Gasteiger partial charge in [-0.2, -0.15) is 0 Å². The van der Waals surface area contributed by atoms with Gasteiger partial charge in [0, 0.05) is 19.5 Å². The summed E-state index contributed by atoms with van der Waals surface area (Å²) in [6.07, 6.45) is 1.18. The first-order valence-corrected chi connectivity index (χ1v) is 3.97. The van der Waals surface area contributed by atoms with E-state index in [9.17, 15) is 9.59 Å². The topological polar surface area (TPSA) is 72.4 Å². The van der Waals surface area contributed by atoms with Gasteiger partial charge in [0.2, 0.25) is 0 Å². The van der Waals surface area contributed by atoms with Crippen LogP contribution in [-0.4, -0.2) is 15.8 Å². The van der Waals surface area contributed by atoms with E-state index >= 15 is 0 Å². The number of aromatic nitrogens is 1. The maximum atomic E-state index is 10.7. The van der Waals surface area contributed by atoms with Crippen molar-refractivity contribution in [3.05, 3.63) is 22.2 Å². The van der Waals surface area contributed by atoms with Crippen molar-refractivity contribution in [2.75, 3.05) is 0 Å². The van der Waals surface area contributed by atoms with Gasteiger partial charge >= 0.3 is 11.6 Å². The van der Waals surface area contributed by atoms with Gasteiger partial charge < -0.3 is 9.63 Å². The van der Waals surface area contributed by atoms with E-state index in [0.29, 0.717) is 12.8 Å². The van der Waals surface area contributed by atoms with E-state index in [0.717, 1.165) is 5.69 Å².